The molecule has 0 spiro atoms. The van der Waals surface area contributed by atoms with Crippen LogP contribution >= 0.6 is 0 Å². The van der Waals surface area contributed by atoms with E-state index in [1.54, 1.807) is 0 Å². The Labute approximate surface area is 109 Å². The molecule has 0 bridgehead atoms. The van der Waals surface area contributed by atoms with E-state index in [1.165, 1.54) is 38.5 Å². The van der Waals surface area contributed by atoms with E-state index in [4.69, 9.17) is 0 Å². The van der Waals surface area contributed by atoms with Crippen molar-refractivity contribution in [2.75, 3.05) is 0 Å². The zero-order chi connectivity index (χ0) is 7.07. The molecule has 0 aliphatic heterocycles. The predicted octanol–water partition coefficient (Wildman–Crippen LogP) is -2.94. The fourth-order valence-electron chi connectivity index (χ4n) is 1.02. The zero-order valence-electron chi connectivity index (χ0n) is 7.65. The average Bonchev–Trinajstić information content (AvgIpc) is 2.67. The van der Waals surface area contributed by atoms with E-state index in [9.17, 15) is 0 Å². The maximum Gasteiger partial charge on any atom is 4.00 e. The van der Waals surface area contributed by atoms with Gasteiger partial charge in [-0.3, -0.25) is 12.2 Å². The van der Waals surface area contributed by atoms with Crippen LogP contribution in [0.25, 0.3) is 0 Å². The quantitative estimate of drug-likeness (QED) is 0.320. The second kappa shape index (κ2) is 15.3. The molecule has 0 aromatic carbocycles. The second-order valence-electron chi connectivity index (χ2n) is 2.60. The van der Waals surface area contributed by atoms with Crippen molar-refractivity contribution in [3.05, 3.63) is 24.3 Å². The van der Waals surface area contributed by atoms with Gasteiger partial charge in [0.2, 0.25) is 0 Å². The molecule has 0 aromatic heterocycles. The molecular weight excluding hydrogens is 239 g/mol. The molecule has 0 radical (unpaired) electrons. The van der Waals surface area contributed by atoms with Crippen LogP contribution in [-0.2, 0) is 21.7 Å². The third-order valence-electron chi connectivity index (χ3n) is 1.63. The van der Waals surface area contributed by atoms with Crippen molar-refractivity contribution in [2.24, 2.45) is 0 Å². The van der Waals surface area contributed by atoms with Gasteiger partial charge < -0.3 is 37.0 Å². The van der Waals surface area contributed by atoms with Crippen molar-refractivity contribution in [1.82, 2.24) is 0 Å². The van der Waals surface area contributed by atoms with Crippen LogP contribution in [0.15, 0.2) is 12.2 Å². The molecule has 0 saturated heterocycles. The molecule has 0 fully saturated rings. The molecule has 2 rings (SSSR count). The molecule has 0 nitrogen and oxygen atoms in total. The summed E-state index contributed by atoms with van der Waals surface area (Å²) >= 11 is 0. The molecule has 0 N–H and O–H groups in total. The van der Waals surface area contributed by atoms with Crippen molar-refractivity contribution < 1.29 is 46.5 Å². The molecule has 13 heavy (non-hydrogen) atoms. The summed E-state index contributed by atoms with van der Waals surface area (Å²) in [5, 5.41) is 0. The Morgan fingerprint density at radius 2 is 1.15 bits per heavy atom. The molecule has 0 aromatic rings. The molecule has 3 heteroatoms. The maximum absolute atomic E-state index is 3.10. The Balaban J connectivity index is -0.000000125. The largest absolute Gasteiger partial charge is 4.00 e. The molecule has 0 saturated carbocycles. The van der Waals surface area contributed by atoms with Crippen molar-refractivity contribution in [3.8, 4) is 0 Å². The Morgan fingerprint density at radius 1 is 0.769 bits per heavy atom. The minimum absolute atomic E-state index is 0. The summed E-state index contributed by atoms with van der Waals surface area (Å²) in [4.78, 5) is 0. The van der Waals surface area contributed by atoms with Crippen LogP contribution in [0, 0.1) is 12.2 Å². The standard InChI is InChI=1S/2C5H7.2ClH.Ti/c2*1-2-4-5-3-1;;;/h2*1H,2,4-5H2;2*1H;/q2*-1;;;+4/p-2. The number of rotatable bonds is 0. The summed E-state index contributed by atoms with van der Waals surface area (Å²) in [5.41, 5.74) is 0. The Morgan fingerprint density at radius 3 is 1.23 bits per heavy atom. The van der Waals surface area contributed by atoms with E-state index in [0.29, 0.717) is 0 Å². The van der Waals surface area contributed by atoms with Crippen LogP contribution in [0.2, 0.25) is 0 Å². The summed E-state index contributed by atoms with van der Waals surface area (Å²) in [6.07, 6.45) is 18.0. The Bertz CT molecular complexity index is 105. The van der Waals surface area contributed by atoms with E-state index in [-0.39, 0.29) is 46.5 Å². The van der Waals surface area contributed by atoms with Gasteiger partial charge in [0, 0.05) is 0 Å². The Hall–Kier alpha value is 0.774. The van der Waals surface area contributed by atoms with Crippen LogP contribution in [0.5, 0.6) is 0 Å². The first-order valence-electron chi connectivity index (χ1n) is 4.10. The van der Waals surface area contributed by atoms with E-state index in [1.807, 2.05) is 0 Å². The van der Waals surface area contributed by atoms with E-state index in [2.05, 4.69) is 24.3 Å². The van der Waals surface area contributed by atoms with Gasteiger partial charge in [-0.2, -0.15) is 12.8 Å². The SMILES string of the molecule is [C-]1=CCCC1.[C-]1=CCCC1.[Cl-].[Cl-].[Ti+4]. The Kier molecular flexibility index (Phi) is 22.7. The minimum atomic E-state index is 0. The first-order chi connectivity index (χ1) is 5.00. The fraction of sp³-hybridized carbons (Fsp3) is 0.600. The van der Waals surface area contributed by atoms with Gasteiger partial charge in [-0.25, -0.2) is 0 Å². The zero-order valence-corrected chi connectivity index (χ0v) is 10.7. The van der Waals surface area contributed by atoms with Crippen LogP contribution in [0.3, 0.4) is 0 Å². The third kappa shape index (κ3) is 12.8. The molecule has 2 aliphatic carbocycles. The van der Waals surface area contributed by atoms with Gasteiger partial charge in [0.25, 0.3) is 0 Å². The van der Waals surface area contributed by atoms with Gasteiger partial charge in [0.1, 0.15) is 0 Å². The normalized spacial score (nSPS) is 16.0. The number of hydrogen-bond acceptors (Lipinski definition) is 0. The maximum atomic E-state index is 3.10. The summed E-state index contributed by atoms with van der Waals surface area (Å²) in [5.74, 6) is 0. The number of hydrogen-bond donors (Lipinski definition) is 0. The first kappa shape index (κ1) is 19.4. The molecule has 2 aliphatic rings. The summed E-state index contributed by atoms with van der Waals surface area (Å²) < 4.78 is 0. The fourth-order valence-corrected chi connectivity index (χ4v) is 1.02. The average molecular weight is 253 g/mol. The van der Waals surface area contributed by atoms with Crippen LogP contribution in [0.1, 0.15) is 38.5 Å². The van der Waals surface area contributed by atoms with Crippen LogP contribution in [-0.4, -0.2) is 0 Å². The summed E-state index contributed by atoms with van der Waals surface area (Å²) in [7, 11) is 0. The first-order valence-corrected chi connectivity index (χ1v) is 4.10. The van der Waals surface area contributed by atoms with Crippen LogP contribution < -0.4 is 24.8 Å². The monoisotopic (exact) mass is 252 g/mol. The minimum Gasteiger partial charge on any atom is -1.00 e. The van der Waals surface area contributed by atoms with Gasteiger partial charge in [-0.1, -0.05) is 25.7 Å². The van der Waals surface area contributed by atoms with E-state index >= 15 is 0 Å². The summed E-state index contributed by atoms with van der Waals surface area (Å²) in [6.45, 7) is 0. The molecule has 0 heterocycles. The molecule has 0 amide bonds. The van der Waals surface area contributed by atoms with Gasteiger partial charge in [-0.05, 0) is 0 Å². The van der Waals surface area contributed by atoms with Crippen LogP contribution in [0.4, 0.5) is 0 Å². The van der Waals surface area contributed by atoms with E-state index in [0.717, 1.165) is 0 Å². The van der Waals surface area contributed by atoms with Crippen molar-refractivity contribution in [2.45, 2.75) is 38.5 Å². The number of halogens is 2. The smallest absolute Gasteiger partial charge is 1.00 e. The van der Waals surface area contributed by atoms with Gasteiger partial charge in [-0.15, -0.1) is 0 Å². The predicted molar refractivity (Wildman–Crippen MR) is 43.3 cm³/mol. The molecule has 72 valence electrons. The number of allylic oxidation sites excluding steroid dienone is 4. The summed E-state index contributed by atoms with van der Waals surface area (Å²) in [6, 6.07) is 0. The molecule has 0 atom stereocenters. The van der Waals surface area contributed by atoms with Gasteiger partial charge in [0.15, 0.2) is 0 Å². The molecule has 0 unspecified atom stereocenters. The third-order valence-corrected chi connectivity index (χ3v) is 1.63. The van der Waals surface area contributed by atoms with Crippen molar-refractivity contribution >= 4 is 0 Å². The molecular formula is C10H14Cl2Ti. The van der Waals surface area contributed by atoms with Crippen molar-refractivity contribution in [3.63, 3.8) is 0 Å². The van der Waals surface area contributed by atoms with Gasteiger partial charge >= 0.3 is 21.7 Å². The van der Waals surface area contributed by atoms with E-state index < -0.39 is 0 Å². The van der Waals surface area contributed by atoms with Crippen molar-refractivity contribution in [1.29, 1.82) is 0 Å². The second-order valence-corrected chi connectivity index (χ2v) is 2.60. The van der Waals surface area contributed by atoms with Gasteiger partial charge in [0.05, 0.1) is 0 Å². The topological polar surface area (TPSA) is 0 Å².